The molecule has 3 aromatic carbocycles. The molecule has 5 heteroatoms. The molecule has 152 valence electrons. The summed E-state index contributed by atoms with van der Waals surface area (Å²) in [5.74, 6) is 1.04. The van der Waals surface area contributed by atoms with Crippen LogP contribution >= 0.6 is 0 Å². The first kappa shape index (κ1) is 20.9. The number of hydrogen-bond donors (Lipinski definition) is 1. The first-order valence-electron chi connectivity index (χ1n) is 9.64. The fourth-order valence-corrected chi connectivity index (χ4v) is 2.68. The Bertz CT molecular complexity index is 981. The van der Waals surface area contributed by atoms with Crippen LogP contribution in [0.2, 0.25) is 0 Å². The topological polar surface area (TPSA) is 59.9 Å². The first-order chi connectivity index (χ1) is 14.7. The van der Waals surface area contributed by atoms with E-state index in [9.17, 15) is 4.79 Å². The van der Waals surface area contributed by atoms with Gasteiger partial charge in [0.15, 0.2) is 6.10 Å². The minimum Gasteiger partial charge on any atom is -0.490 e. The number of hydrazone groups is 1. The van der Waals surface area contributed by atoms with Gasteiger partial charge < -0.3 is 9.47 Å². The molecule has 1 N–H and O–H groups in total. The van der Waals surface area contributed by atoms with Gasteiger partial charge in [-0.3, -0.25) is 4.79 Å². The average molecular weight is 400 g/mol. The molecule has 0 heterocycles. The molecule has 0 spiro atoms. The lowest BCUT2D eigenvalue weighted by Gasteiger charge is -2.13. The summed E-state index contributed by atoms with van der Waals surface area (Å²) in [6, 6.07) is 25.1. The molecule has 1 unspecified atom stereocenters. The minimum absolute atomic E-state index is 0.329. The normalized spacial score (nSPS) is 11.6. The lowest BCUT2D eigenvalue weighted by molar-refractivity contribution is -0.127. The van der Waals surface area contributed by atoms with E-state index in [0.29, 0.717) is 12.4 Å². The number of rotatable bonds is 9. The van der Waals surface area contributed by atoms with Gasteiger partial charge in [0.05, 0.1) is 6.21 Å². The quantitative estimate of drug-likeness (QED) is 0.318. The van der Waals surface area contributed by atoms with E-state index in [4.69, 9.17) is 9.47 Å². The fourth-order valence-electron chi connectivity index (χ4n) is 2.68. The van der Waals surface area contributed by atoms with Crippen molar-refractivity contribution in [3.8, 4) is 22.6 Å². The van der Waals surface area contributed by atoms with Crippen molar-refractivity contribution in [2.75, 3.05) is 6.61 Å². The zero-order chi connectivity index (χ0) is 21.2. The van der Waals surface area contributed by atoms with Crippen LogP contribution < -0.4 is 14.9 Å². The van der Waals surface area contributed by atoms with Gasteiger partial charge in [-0.15, -0.1) is 0 Å². The highest BCUT2D eigenvalue weighted by Gasteiger charge is 2.13. The summed E-state index contributed by atoms with van der Waals surface area (Å²) >= 11 is 0. The van der Waals surface area contributed by atoms with Gasteiger partial charge in [-0.05, 0) is 60.0 Å². The highest BCUT2D eigenvalue weighted by molar-refractivity contribution is 5.84. The molecule has 5 nitrogen and oxygen atoms in total. The summed E-state index contributed by atoms with van der Waals surface area (Å²) in [6.07, 6.45) is 2.57. The number of nitrogens with zero attached hydrogens (tertiary/aromatic N) is 1. The number of ether oxygens (including phenoxy) is 2. The second-order valence-electron chi connectivity index (χ2n) is 6.55. The van der Waals surface area contributed by atoms with Gasteiger partial charge in [-0.2, -0.15) is 5.10 Å². The molecule has 0 saturated carbocycles. The van der Waals surface area contributed by atoms with Crippen LogP contribution in [-0.4, -0.2) is 24.8 Å². The van der Waals surface area contributed by atoms with Gasteiger partial charge >= 0.3 is 0 Å². The third-order valence-corrected chi connectivity index (χ3v) is 4.28. The molecule has 30 heavy (non-hydrogen) atoms. The van der Waals surface area contributed by atoms with Gasteiger partial charge in [-0.1, -0.05) is 55.1 Å². The zero-order valence-electron chi connectivity index (χ0n) is 16.8. The van der Waals surface area contributed by atoms with E-state index in [-0.39, 0.29) is 5.91 Å². The largest absolute Gasteiger partial charge is 0.490 e. The van der Waals surface area contributed by atoms with E-state index in [1.807, 2.05) is 78.9 Å². The lowest BCUT2D eigenvalue weighted by atomic mass is 10.1. The van der Waals surface area contributed by atoms with Crippen molar-refractivity contribution < 1.29 is 14.3 Å². The molecule has 1 amide bonds. The fraction of sp³-hybridized carbons (Fsp3) is 0.120. The third-order valence-electron chi connectivity index (χ3n) is 4.28. The summed E-state index contributed by atoms with van der Waals surface area (Å²) in [6.45, 7) is 5.75. The Morgan fingerprint density at radius 2 is 1.60 bits per heavy atom. The number of amides is 1. The van der Waals surface area contributed by atoms with Crippen molar-refractivity contribution in [3.63, 3.8) is 0 Å². The Kier molecular flexibility index (Phi) is 7.39. The van der Waals surface area contributed by atoms with Crippen LogP contribution in [0.4, 0.5) is 0 Å². The van der Waals surface area contributed by atoms with Crippen molar-refractivity contribution in [3.05, 3.63) is 97.1 Å². The molecule has 0 saturated heterocycles. The van der Waals surface area contributed by atoms with Crippen LogP contribution in [0.3, 0.4) is 0 Å². The zero-order valence-corrected chi connectivity index (χ0v) is 16.8. The molecule has 3 aromatic rings. The second kappa shape index (κ2) is 10.6. The minimum atomic E-state index is -0.681. The Labute approximate surface area is 176 Å². The Hall–Kier alpha value is -3.86. The van der Waals surface area contributed by atoms with Gasteiger partial charge in [0.25, 0.3) is 5.91 Å². The highest BCUT2D eigenvalue weighted by atomic mass is 16.5. The molecule has 1 atom stereocenters. The van der Waals surface area contributed by atoms with Gasteiger partial charge in [0.1, 0.15) is 18.1 Å². The average Bonchev–Trinajstić information content (AvgIpc) is 2.79. The van der Waals surface area contributed by atoms with Crippen molar-refractivity contribution >= 4 is 12.1 Å². The number of nitrogens with one attached hydrogen (secondary N) is 1. The Balaban J connectivity index is 1.49. The molecular weight excluding hydrogens is 376 g/mol. The Morgan fingerprint density at radius 1 is 0.967 bits per heavy atom. The maximum Gasteiger partial charge on any atom is 0.280 e. The smallest absolute Gasteiger partial charge is 0.280 e. The highest BCUT2D eigenvalue weighted by Crippen LogP contribution is 2.22. The molecule has 0 aliphatic heterocycles. The standard InChI is InChI=1S/C25H24N2O3/c1-3-17-29-23-13-9-20(10-14-23)18-26-27-25(28)19(2)30-24-15-11-22(12-16-24)21-7-5-4-6-8-21/h3-16,18-19H,1,17H2,2H3,(H,27,28)/b26-18+. The van der Waals surface area contributed by atoms with Crippen molar-refractivity contribution in [1.29, 1.82) is 0 Å². The maximum atomic E-state index is 12.2. The van der Waals surface area contributed by atoms with E-state index in [1.54, 1.807) is 19.2 Å². The number of hydrogen-bond acceptors (Lipinski definition) is 4. The molecule has 3 rings (SSSR count). The first-order valence-corrected chi connectivity index (χ1v) is 9.64. The van der Waals surface area contributed by atoms with E-state index >= 15 is 0 Å². The molecule has 0 aliphatic carbocycles. The van der Waals surface area contributed by atoms with Crippen LogP contribution in [0.5, 0.6) is 11.5 Å². The van der Waals surface area contributed by atoms with Crippen molar-refractivity contribution in [2.45, 2.75) is 13.0 Å². The number of benzene rings is 3. The summed E-state index contributed by atoms with van der Waals surface area (Å²) in [7, 11) is 0. The van der Waals surface area contributed by atoms with Crippen molar-refractivity contribution in [1.82, 2.24) is 5.43 Å². The summed E-state index contributed by atoms with van der Waals surface area (Å²) in [5, 5.41) is 3.99. The second-order valence-corrected chi connectivity index (χ2v) is 6.55. The molecule has 0 bridgehead atoms. The lowest BCUT2D eigenvalue weighted by Crippen LogP contribution is -2.33. The summed E-state index contributed by atoms with van der Waals surface area (Å²) < 4.78 is 11.1. The predicted molar refractivity (Wildman–Crippen MR) is 120 cm³/mol. The van der Waals surface area contributed by atoms with E-state index in [1.165, 1.54) is 0 Å². The van der Waals surface area contributed by atoms with E-state index in [0.717, 1.165) is 22.4 Å². The van der Waals surface area contributed by atoms with Crippen LogP contribution in [-0.2, 0) is 4.79 Å². The Morgan fingerprint density at radius 3 is 2.27 bits per heavy atom. The van der Waals surface area contributed by atoms with Crippen LogP contribution in [0.1, 0.15) is 12.5 Å². The monoisotopic (exact) mass is 400 g/mol. The van der Waals surface area contributed by atoms with E-state index < -0.39 is 6.10 Å². The number of carbonyl (C=O) groups is 1. The summed E-state index contributed by atoms with van der Waals surface area (Å²) in [4.78, 5) is 12.2. The maximum absolute atomic E-state index is 12.2. The molecule has 0 fully saturated rings. The number of carbonyl (C=O) groups excluding carboxylic acids is 1. The molecule has 0 aromatic heterocycles. The van der Waals surface area contributed by atoms with Crippen LogP contribution in [0.25, 0.3) is 11.1 Å². The molecule has 0 aliphatic rings. The van der Waals surface area contributed by atoms with Crippen LogP contribution in [0.15, 0.2) is 96.6 Å². The molecule has 0 radical (unpaired) electrons. The summed E-state index contributed by atoms with van der Waals surface area (Å²) in [5.41, 5.74) is 5.56. The SMILES string of the molecule is C=CCOc1ccc(/C=N/NC(=O)C(C)Oc2ccc(-c3ccccc3)cc2)cc1. The van der Waals surface area contributed by atoms with Gasteiger partial charge in [0, 0.05) is 0 Å². The van der Waals surface area contributed by atoms with Gasteiger partial charge in [0.2, 0.25) is 0 Å². The van der Waals surface area contributed by atoms with Crippen molar-refractivity contribution in [2.24, 2.45) is 5.10 Å². The predicted octanol–water partition coefficient (Wildman–Crippen LogP) is 4.84. The van der Waals surface area contributed by atoms with E-state index in [2.05, 4.69) is 17.1 Å². The third kappa shape index (κ3) is 6.07. The molecular formula is C25H24N2O3. The van der Waals surface area contributed by atoms with Crippen LogP contribution in [0, 0.1) is 0 Å². The van der Waals surface area contributed by atoms with Gasteiger partial charge in [-0.25, -0.2) is 5.43 Å².